The predicted molar refractivity (Wildman–Crippen MR) is 92.6 cm³/mol. The molecule has 2 aromatic rings. The van der Waals surface area contributed by atoms with Gasteiger partial charge in [0.25, 0.3) is 5.91 Å². The molecule has 0 saturated carbocycles. The summed E-state index contributed by atoms with van der Waals surface area (Å²) in [6, 6.07) is 11.1. The minimum Gasteiger partial charge on any atom is -0.348 e. The first kappa shape index (κ1) is 16.7. The number of carbonyl (C=O) groups is 2. The second kappa shape index (κ2) is 7.09. The number of anilines is 1. The molecule has 23 heavy (non-hydrogen) atoms. The summed E-state index contributed by atoms with van der Waals surface area (Å²) in [7, 11) is 0. The third kappa shape index (κ3) is 4.42. The highest BCUT2D eigenvalue weighted by molar-refractivity contribution is 5.95. The van der Waals surface area contributed by atoms with Crippen molar-refractivity contribution in [3.63, 3.8) is 0 Å². The molecule has 2 amide bonds. The third-order valence-corrected chi connectivity index (χ3v) is 3.73. The van der Waals surface area contributed by atoms with Crippen LogP contribution < -0.4 is 10.6 Å². The van der Waals surface area contributed by atoms with E-state index in [1.54, 1.807) is 24.3 Å². The van der Waals surface area contributed by atoms with Crippen molar-refractivity contribution in [3.05, 3.63) is 64.2 Å². The Labute approximate surface area is 136 Å². The van der Waals surface area contributed by atoms with Crippen LogP contribution in [0.25, 0.3) is 0 Å². The van der Waals surface area contributed by atoms with Crippen molar-refractivity contribution < 1.29 is 9.59 Å². The number of rotatable bonds is 4. The highest BCUT2D eigenvalue weighted by Gasteiger charge is 2.08. The Bertz CT molecular complexity index is 711. The van der Waals surface area contributed by atoms with Crippen LogP contribution in [0.5, 0.6) is 0 Å². The molecule has 0 heterocycles. The summed E-state index contributed by atoms with van der Waals surface area (Å²) in [5, 5.41) is 5.63. The van der Waals surface area contributed by atoms with Gasteiger partial charge in [0.05, 0.1) is 0 Å². The average Bonchev–Trinajstić information content (AvgIpc) is 2.46. The van der Waals surface area contributed by atoms with Crippen molar-refractivity contribution in [1.29, 1.82) is 0 Å². The minimum atomic E-state index is -0.132. The zero-order valence-corrected chi connectivity index (χ0v) is 14.0. The van der Waals surface area contributed by atoms with E-state index in [4.69, 9.17) is 0 Å². The fourth-order valence-corrected chi connectivity index (χ4v) is 2.67. The molecule has 0 atom stereocenters. The topological polar surface area (TPSA) is 58.2 Å². The second-order valence-corrected chi connectivity index (χ2v) is 5.82. The van der Waals surface area contributed by atoms with Gasteiger partial charge in [-0.1, -0.05) is 17.7 Å². The van der Waals surface area contributed by atoms with Gasteiger partial charge in [-0.15, -0.1) is 0 Å². The molecular weight excluding hydrogens is 288 g/mol. The highest BCUT2D eigenvalue weighted by Crippen LogP contribution is 2.16. The first-order valence-electron chi connectivity index (χ1n) is 7.59. The Balaban J connectivity index is 2.04. The van der Waals surface area contributed by atoms with Gasteiger partial charge in [0.1, 0.15) is 0 Å². The van der Waals surface area contributed by atoms with Gasteiger partial charge in [0, 0.05) is 24.7 Å². The summed E-state index contributed by atoms with van der Waals surface area (Å²) in [6.45, 7) is 8.14. The lowest BCUT2D eigenvalue weighted by molar-refractivity contribution is -0.114. The minimum absolute atomic E-state index is 0.126. The molecule has 2 rings (SSSR count). The average molecular weight is 310 g/mol. The summed E-state index contributed by atoms with van der Waals surface area (Å²) in [5.41, 5.74) is 6.00. The van der Waals surface area contributed by atoms with Crippen LogP contribution in [-0.2, 0) is 11.3 Å². The van der Waals surface area contributed by atoms with Crippen molar-refractivity contribution >= 4 is 17.5 Å². The number of nitrogens with one attached hydrogen (secondary N) is 2. The summed E-state index contributed by atoms with van der Waals surface area (Å²) < 4.78 is 0. The van der Waals surface area contributed by atoms with E-state index in [1.807, 2.05) is 0 Å². The van der Waals surface area contributed by atoms with Gasteiger partial charge in [0.2, 0.25) is 5.91 Å². The fraction of sp³-hybridized carbons (Fsp3) is 0.263. The maximum atomic E-state index is 12.2. The Kier molecular flexibility index (Phi) is 5.16. The van der Waals surface area contributed by atoms with E-state index in [1.165, 1.54) is 23.6 Å². The second-order valence-electron chi connectivity index (χ2n) is 5.82. The Hall–Kier alpha value is -2.62. The summed E-state index contributed by atoms with van der Waals surface area (Å²) in [5.74, 6) is -0.258. The number of aryl methyl sites for hydroxylation is 3. The molecule has 0 aliphatic rings. The molecule has 4 nitrogen and oxygen atoms in total. The Morgan fingerprint density at radius 3 is 2.04 bits per heavy atom. The molecule has 4 heteroatoms. The molecule has 0 saturated heterocycles. The van der Waals surface area contributed by atoms with Gasteiger partial charge in [-0.25, -0.2) is 0 Å². The first-order chi connectivity index (χ1) is 10.9. The standard InChI is InChI=1S/C19H22N2O2/c1-12-9-13(2)18(14(3)10-12)11-20-19(23)16-5-7-17(8-6-16)21-15(4)22/h5-10H,11H2,1-4H3,(H,20,23)(H,21,22). The van der Waals surface area contributed by atoms with E-state index in [0.717, 1.165) is 5.56 Å². The molecule has 0 aliphatic heterocycles. The number of carbonyl (C=O) groups excluding carboxylic acids is 2. The van der Waals surface area contributed by atoms with Crippen molar-refractivity contribution in [2.75, 3.05) is 5.32 Å². The van der Waals surface area contributed by atoms with E-state index in [2.05, 4.69) is 43.5 Å². The van der Waals surface area contributed by atoms with Crippen LogP contribution >= 0.6 is 0 Å². The zero-order valence-electron chi connectivity index (χ0n) is 14.0. The van der Waals surface area contributed by atoms with E-state index >= 15 is 0 Å². The molecule has 0 aromatic heterocycles. The molecule has 0 fully saturated rings. The van der Waals surface area contributed by atoms with E-state index in [0.29, 0.717) is 17.8 Å². The number of hydrogen-bond donors (Lipinski definition) is 2. The van der Waals surface area contributed by atoms with Gasteiger partial charge in [0.15, 0.2) is 0 Å². The van der Waals surface area contributed by atoms with Crippen LogP contribution in [0.4, 0.5) is 5.69 Å². The maximum absolute atomic E-state index is 12.2. The lowest BCUT2D eigenvalue weighted by Crippen LogP contribution is -2.23. The largest absolute Gasteiger partial charge is 0.348 e. The van der Waals surface area contributed by atoms with E-state index in [9.17, 15) is 9.59 Å². The van der Waals surface area contributed by atoms with Crippen LogP contribution in [-0.4, -0.2) is 11.8 Å². The number of hydrogen-bond acceptors (Lipinski definition) is 2. The first-order valence-corrected chi connectivity index (χ1v) is 7.59. The molecular formula is C19H22N2O2. The summed E-state index contributed by atoms with van der Waals surface area (Å²) in [6.07, 6.45) is 0. The van der Waals surface area contributed by atoms with Gasteiger partial charge in [-0.3, -0.25) is 9.59 Å². The van der Waals surface area contributed by atoms with Gasteiger partial charge in [-0.2, -0.15) is 0 Å². The summed E-state index contributed by atoms with van der Waals surface area (Å²) in [4.78, 5) is 23.2. The quantitative estimate of drug-likeness (QED) is 0.908. The molecule has 2 aromatic carbocycles. The van der Waals surface area contributed by atoms with Gasteiger partial charge < -0.3 is 10.6 Å². The summed E-state index contributed by atoms with van der Waals surface area (Å²) >= 11 is 0. The molecule has 0 aliphatic carbocycles. The molecule has 0 unspecified atom stereocenters. The number of amides is 2. The molecule has 2 N–H and O–H groups in total. The Morgan fingerprint density at radius 2 is 1.52 bits per heavy atom. The molecule has 120 valence electrons. The SMILES string of the molecule is CC(=O)Nc1ccc(C(=O)NCc2c(C)cc(C)cc2C)cc1. The van der Waals surface area contributed by atoms with Gasteiger partial charge >= 0.3 is 0 Å². The fourth-order valence-electron chi connectivity index (χ4n) is 2.67. The van der Waals surface area contributed by atoms with Crippen LogP contribution in [0, 0.1) is 20.8 Å². The monoisotopic (exact) mass is 310 g/mol. The Morgan fingerprint density at radius 1 is 0.957 bits per heavy atom. The van der Waals surface area contributed by atoms with Crippen molar-refractivity contribution in [2.24, 2.45) is 0 Å². The highest BCUT2D eigenvalue weighted by atomic mass is 16.2. The van der Waals surface area contributed by atoms with Crippen molar-refractivity contribution in [1.82, 2.24) is 5.32 Å². The van der Waals surface area contributed by atoms with Crippen molar-refractivity contribution in [3.8, 4) is 0 Å². The normalized spacial score (nSPS) is 10.3. The number of benzene rings is 2. The smallest absolute Gasteiger partial charge is 0.251 e. The maximum Gasteiger partial charge on any atom is 0.251 e. The van der Waals surface area contributed by atoms with Crippen LogP contribution in [0.2, 0.25) is 0 Å². The third-order valence-electron chi connectivity index (χ3n) is 3.73. The lowest BCUT2D eigenvalue weighted by Gasteiger charge is -2.12. The molecule has 0 bridgehead atoms. The lowest BCUT2D eigenvalue weighted by atomic mass is 10.00. The zero-order chi connectivity index (χ0) is 17.0. The van der Waals surface area contributed by atoms with Crippen LogP contribution in [0.15, 0.2) is 36.4 Å². The van der Waals surface area contributed by atoms with Gasteiger partial charge in [-0.05, 0) is 61.7 Å². The van der Waals surface area contributed by atoms with Crippen molar-refractivity contribution in [2.45, 2.75) is 34.2 Å². The molecule has 0 spiro atoms. The van der Waals surface area contributed by atoms with E-state index < -0.39 is 0 Å². The van der Waals surface area contributed by atoms with Crippen LogP contribution in [0.3, 0.4) is 0 Å². The van der Waals surface area contributed by atoms with E-state index in [-0.39, 0.29) is 11.8 Å². The molecule has 0 radical (unpaired) electrons. The predicted octanol–water partition coefficient (Wildman–Crippen LogP) is 3.50. The van der Waals surface area contributed by atoms with Crippen LogP contribution in [0.1, 0.15) is 39.5 Å².